The molecule has 1 amide bonds. The van der Waals surface area contributed by atoms with Crippen molar-refractivity contribution >= 4 is 23.2 Å². The fraction of sp³-hybridized carbons (Fsp3) is 0.286. The molecule has 0 aliphatic rings. The molecule has 21 heavy (non-hydrogen) atoms. The van der Waals surface area contributed by atoms with Crippen LogP contribution in [0.2, 0.25) is 5.02 Å². The van der Waals surface area contributed by atoms with Crippen LogP contribution in [0.25, 0.3) is 0 Å². The molecule has 0 aliphatic heterocycles. The average Bonchev–Trinajstić information content (AvgIpc) is 2.47. The molecule has 1 aromatic carbocycles. The molecule has 6 nitrogen and oxygen atoms in total. The number of nitriles is 1. The lowest BCUT2D eigenvalue weighted by Crippen LogP contribution is -2.36. The largest absolute Gasteiger partial charge is 0.395 e. The predicted molar refractivity (Wildman–Crippen MR) is 79.5 cm³/mol. The minimum Gasteiger partial charge on any atom is -0.395 e. The van der Waals surface area contributed by atoms with Crippen LogP contribution < -0.4 is 5.32 Å². The first-order chi connectivity index (χ1) is 10.1. The van der Waals surface area contributed by atoms with E-state index in [0.717, 1.165) is 0 Å². The molecule has 0 saturated heterocycles. The third-order valence-electron chi connectivity index (χ3n) is 2.59. The van der Waals surface area contributed by atoms with E-state index < -0.39 is 5.91 Å². The molecule has 1 rings (SSSR count). The van der Waals surface area contributed by atoms with Crippen molar-refractivity contribution in [1.29, 1.82) is 5.26 Å². The van der Waals surface area contributed by atoms with Crippen molar-refractivity contribution in [3.8, 4) is 6.07 Å². The monoisotopic (exact) mass is 309 g/mol. The highest BCUT2D eigenvalue weighted by molar-refractivity contribution is 6.30. The standard InChI is InChI=1S/C14H16ClN3O3/c15-12-2-1-3-13(8-12)17-10-11(9-16)14(21)18(4-6-19)5-7-20/h1-3,8,10,17,19-20H,4-7H2/b11-10-. The minimum absolute atomic E-state index is 0.0512. The van der Waals surface area contributed by atoms with E-state index >= 15 is 0 Å². The van der Waals surface area contributed by atoms with Crippen LogP contribution in [-0.4, -0.2) is 47.3 Å². The van der Waals surface area contributed by atoms with Crippen molar-refractivity contribution in [2.75, 3.05) is 31.6 Å². The Bertz CT molecular complexity index is 549. The number of aliphatic hydroxyl groups is 2. The quantitative estimate of drug-likeness (QED) is 0.515. The highest BCUT2D eigenvalue weighted by Crippen LogP contribution is 2.15. The molecule has 1 aromatic rings. The fourth-order valence-corrected chi connectivity index (χ4v) is 1.79. The number of halogens is 1. The molecule has 0 spiro atoms. The first-order valence-electron chi connectivity index (χ1n) is 6.25. The molecule has 0 unspecified atom stereocenters. The Hall–Kier alpha value is -2.07. The Morgan fingerprint density at radius 2 is 2.05 bits per heavy atom. The van der Waals surface area contributed by atoms with E-state index in [2.05, 4.69) is 5.32 Å². The maximum absolute atomic E-state index is 12.1. The normalized spacial score (nSPS) is 10.9. The van der Waals surface area contributed by atoms with Crippen LogP contribution in [0.5, 0.6) is 0 Å². The molecule has 112 valence electrons. The van der Waals surface area contributed by atoms with E-state index in [0.29, 0.717) is 10.7 Å². The number of nitrogens with zero attached hydrogens (tertiary/aromatic N) is 2. The summed E-state index contributed by atoms with van der Waals surface area (Å²) in [7, 11) is 0. The Labute approximate surface area is 127 Å². The number of hydrogen-bond donors (Lipinski definition) is 3. The lowest BCUT2D eigenvalue weighted by molar-refractivity contribution is -0.127. The van der Waals surface area contributed by atoms with E-state index in [-0.39, 0.29) is 31.9 Å². The van der Waals surface area contributed by atoms with Gasteiger partial charge in [-0.25, -0.2) is 0 Å². The van der Waals surface area contributed by atoms with Crippen LogP contribution in [0.4, 0.5) is 5.69 Å². The summed E-state index contributed by atoms with van der Waals surface area (Å²) in [5, 5.41) is 30.2. The predicted octanol–water partition coefficient (Wildman–Crippen LogP) is 0.973. The van der Waals surface area contributed by atoms with E-state index in [1.165, 1.54) is 11.1 Å². The fourth-order valence-electron chi connectivity index (χ4n) is 1.60. The highest BCUT2D eigenvalue weighted by Gasteiger charge is 2.17. The summed E-state index contributed by atoms with van der Waals surface area (Å²) < 4.78 is 0. The topological polar surface area (TPSA) is 96.6 Å². The third-order valence-corrected chi connectivity index (χ3v) is 2.82. The van der Waals surface area contributed by atoms with Crippen LogP contribution in [0.15, 0.2) is 36.0 Å². The van der Waals surface area contributed by atoms with Crippen molar-refractivity contribution in [3.63, 3.8) is 0 Å². The molecule has 0 fully saturated rings. The third kappa shape index (κ3) is 5.44. The molecule has 0 aliphatic carbocycles. The van der Waals surface area contributed by atoms with E-state index in [9.17, 15) is 4.79 Å². The number of aliphatic hydroxyl groups excluding tert-OH is 2. The van der Waals surface area contributed by atoms with Gasteiger partial charge >= 0.3 is 0 Å². The van der Waals surface area contributed by atoms with Crippen molar-refractivity contribution in [2.24, 2.45) is 0 Å². The lowest BCUT2D eigenvalue weighted by atomic mass is 10.2. The van der Waals surface area contributed by atoms with Crippen LogP contribution in [0.1, 0.15) is 0 Å². The van der Waals surface area contributed by atoms with Crippen LogP contribution >= 0.6 is 11.6 Å². The molecular weight excluding hydrogens is 294 g/mol. The van der Waals surface area contributed by atoms with Gasteiger partial charge in [-0.3, -0.25) is 4.79 Å². The van der Waals surface area contributed by atoms with Crippen molar-refractivity contribution in [1.82, 2.24) is 4.90 Å². The van der Waals surface area contributed by atoms with E-state index in [4.69, 9.17) is 27.1 Å². The van der Waals surface area contributed by atoms with Crippen LogP contribution in [0.3, 0.4) is 0 Å². The van der Waals surface area contributed by atoms with Crippen molar-refractivity contribution in [2.45, 2.75) is 0 Å². The first-order valence-corrected chi connectivity index (χ1v) is 6.63. The Morgan fingerprint density at radius 1 is 1.38 bits per heavy atom. The lowest BCUT2D eigenvalue weighted by Gasteiger charge is -2.20. The second-order valence-electron chi connectivity index (χ2n) is 4.06. The van der Waals surface area contributed by atoms with Gasteiger partial charge in [-0.1, -0.05) is 17.7 Å². The number of amides is 1. The summed E-state index contributed by atoms with van der Waals surface area (Å²) in [4.78, 5) is 13.3. The summed E-state index contributed by atoms with van der Waals surface area (Å²) in [6.07, 6.45) is 1.27. The molecule has 0 atom stereocenters. The van der Waals surface area contributed by atoms with Crippen LogP contribution in [0, 0.1) is 11.3 Å². The highest BCUT2D eigenvalue weighted by atomic mass is 35.5. The minimum atomic E-state index is -0.560. The first kappa shape index (κ1) is 17.0. The van der Waals surface area contributed by atoms with Gasteiger partial charge < -0.3 is 20.4 Å². The van der Waals surface area contributed by atoms with Crippen molar-refractivity contribution in [3.05, 3.63) is 41.1 Å². The van der Waals surface area contributed by atoms with Gasteiger partial charge in [0, 0.05) is 30.0 Å². The number of carbonyl (C=O) groups excluding carboxylic acids is 1. The average molecular weight is 310 g/mol. The Kier molecular flexibility index (Phi) is 7.26. The SMILES string of the molecule is N#C/C(=C/Nc1cccc(Cl)c1)C(=O)N(CCO)CCO. The summed E-state index contributed by atoms with van der Waals surface area (Å²) in [6.45, 7) is -0.385. The van der Waals surface area contributed by atoms with Gasteiger partial charge in [-0.15, -0.1) is 0 Å². The maximum Gasteiger partial charge on any atom is 0.266 e. The maximum atomic E-state index is 12.1. The van der Waals surface area contributed by atoms with Gasteiger partial charge in [0.25, 0.3) is 5.91 Å². The smallest absolute Gasteiger partial charge is 0.266 e. The second kappa shape index (κ2) is 8.97. The zero-order valence-electron chi connectivity index (χ0n) is 11.3. The molecule has 0 heterocycles. The van der Waals surface area contributed by atoms with Gasteiger partial charge in [-0.05, 0) is 18.2 Å². The molecule has 0 saturated carbocycles. The Balaban J connectivity index is 2.83. The number of nitrogens with one attached hydrogen (secondary N) is 1. The zero-order valence-corrected chi connectivity index (χ0v) is 12.0. The van der Waals surface area contributed by atoms with Gasteiger partial charge in [0.05, 0.1) is 13.2 Å². The second-order valence-corrected chi connectivity index (χ2v) is 4.50. The number of hydrogen-bond acceptors (Lipinski definition) is 5. The summed E-state index contributed by atoms with van der Waals surface area (Å²) in [6, 6.07) is 8.62. The molecule has 3 N–H and O–H groups in total. The van der Waals surface area contributed by atoms with Crippen LogP contribution in [-0.2, 0) is 4.79 Å². The van der Waals surface area contributed by atoms with Crippen molar-refractivity contribution < 1.29 is 15.0 Å². The molecular formula is C14H16ClN3O3. The van der Waals surface area contributed by atoms with Gasteiger partial charge in [0.15, 0.2) is 0 Å². The number of rotatable bonds is 7. The summed E-state index contributed by atoms with van der Waals surface area (Å²) >= 11 is 5.83. The number of benzene rings is 1. The van der Waals surface area contributed by atoms with Gasteiger partial charge in [-0.2, -0.15) is 5.26 Å². The van der Waals surface area contributed by atoms with Gasteiger partial charge in [0.2, 0.25) is 0 Å². The zero-order chi connectivity index (χ0) is 15.7. The molecule has 0 aromatic heterocycles. The Morgan fingerprint density at radius 3 is 2.57 bits per heavy atom. The number of anilines is 1. The molecule has 0 bridgehead atoms. The molecule has 7 heteroatoms. The van der Waals surface area contributed by atoms with E-state index in [1.807, 2.05) is 0 Å². The molecule has 0 radical (unpaired) electrons. The van der Waals surface area contributed by atoms with E-state index in [1.54, 1.807) is 30.3 Å². The summed E-state index contributed by atoms with van der Waals surface area (Å²) in [5.74, 6) is -0.560. The summed E-state index contributed by atoms with van der Waals surface area (Å²) in [5.41, 5.74) is 0.510. The van der Waals surface area contributed by atoms with Gasteiger partial charge in [0.1, 0.15) is 11.6 Å². The number of carbonyl (C=O) groups is 1.